The van der Waals surface area contributed by atoms with Gasteiger partial charge in [0.25, 0.3) is 5.56 Å². The highest BCUT2D eigenvalue weighted by atomic mass is 16.2. The number of aromatic nitrogens is 4. The van der Waals surface area contributed by atoms with Crippen molar-refractivity contribution in [2.45, 2.75) is 26.3 Å². The van der Waals surface area contributed by atoms with Crippen LogP contribution in [0.15, 0.2) is 41.6 Å². The van der Waals surface area contributed by atoms with Gasteiger partial charge in [-0.25, -0.2) is 4.98 Å². The Labute approximate surface area is 138 Å². The Kier molecular flexibility index (Phi) is 4.16. The van der Waals surface area contributed by atoms with Crippen molar-refractivity contribution >= 4 is 22.6 Å². The van der Waals surface area contributed by atoms with Gasteiger partial charge in [-0.3, -0.25) is 18.8 Å². The van der Waals surface area contributed by atoms with E-state index < -0.39 is 0 Å². The number of anilines is 1. The van der Waals surface area contributed by atoms with Crippen molar-refractivity contribution in [2.75, 3.05) is 5.32 Å². The second-order valence-corrected chi connectivity index (χ2v) is 6.01. The minimum Gasteiger partial charge on any atom is -0.325 e. The van der Waals surface area contributed by atoms with E-state index in [-0.39, 0.29) is 18.0 Å². The number of hydrogen-bond donors (Lipinski definition) is 1. The SMILES string of the molecule is CC(C)c1cccc(NC(=O)Cn2cnc3c(cnn3C)c2=O)c1. The molecule has 0 unspecified atom stereocenters. The molecular formula is C17H19N5O2. The third-order valence-corrected chi connectivity index (χ3v) is 3.87. The van der Waals surface area contributed by atoms with Crippen molar-refractivity contribution in [2.24, 2.45) is 7.05 Å². The van der Waals surface area contributed by atoms with E-state index in [9.17, 15) is 9.59 Å². The van der Waals surface area contributed by atoms with Crippen molar-refractivity contribution in [3.63, 3.8) is 0 Å². The fourth-order valence-corrected chi connectivity index (χ4v) is 2.51. The number of aryl methyl sites for hydroxylation is 1. The summed E-state index contributed by atoms with van der Waals surface area (Å²) in [5.74, 6) is 0.102. The molecular weight excluding hydrogens is 306 g/mol. The fourth-order valence-electron chi connectivity index (χ4n) is 2.51. The van der Waals surface area contributed by atoms with Gasteiger partial charge < -0.3 is 5.32 Å². The van der Waals surface area contributed by atoms with Crippen molar-refractivity contribution in [1.82, 2.24) is 19.3 Å². The molecule has 1 N–H and O–H groups in total. The molecule has 7 heteroatoms. The van der Waals surface area contributed by atoms with Crippen LogP contribution < -0.4 is 10.9 Å². The first-order valence-electron chi connectivity index (χ1n) is 7.72. The molecule has 2 aromatic heterocycles. The van der Waals surface area contributed by atoms with Crippen LogP contribution in [0.5, 0.6) is 0 Å². The second-order valence-electron chi connectivity index (χ2n) is 6.01. The Hall–Kier alpha value is -2.96. The second kappa shape index (κ2) is 6.27. The Morgan fingerprint density at radius 3 is 2.88 bits per heavy atom. The Morgan fingerprint density at radius 1 is 1.33 bits per heavy atom. The zero-order valence-electron chi connectivity index (χ0n) is 13.9. The molecule has 2 heterocycles. The summed E-state index contributed by atoms with van der Waals surface area (Å²) in [4.78, 5) is 28.8. The first kappa shape index (κ1) is 15.9. The zero-order chi connectivity index (χ0) is 17.3. The van der Waals surface area contributed by atoms with E-state index in [2.05, 4.69) is 29.2 Å². The Bertz CT molecular complexity index is 955. The average molecular weight is 325 g/mol. The molecule has 0 aliphatic heterocycles. The van der Waals surface area contributed by atoms with Crippen LogP contribution in [-0.2, 0) is 18.4 Å². The highest BCUT2D eigenvalue weighted by Gasteiger charge is 2.11. The molecule has 0 aliphatic rings. The fraction of sp³-hybridized carbons (Fsp3) is 0.294. The van der Waals surface area contributed by atoms with Crippen LogP contribution in [0.4, 0.5) is 5.69 Å². The van der Waals surface area contributed by atoms with E-state index in [1.54, 1.807) is 7.05 Å². The van der Waals surface area contributed by atoms with Crippen molar-refractivity contribution in [1.29, 1.82) is 0 Å². The molecule has 0 atom stereocenters. The van der Waals surface area contributed by atoms with E-state index in [1.165, 1.54) is 21.8 Å². The summed E-state index contributed by atoms with van der Waals surface area (Å²) in [6.07, 6.45) is 2.83. The monoisotopic (exact) mass is 325 g/mol. The summed E-state index contributed by atoms with van der Waals surface area (Å²) < 4.78 is 2.81. The summed E-state index contributed by atoms with van der Waals surface area (Å²) in [5, 5.41) is 7.23. The van der Waals surface area contributed by atoms with Crippen LogP contribution in [0.2, 0.25) is 0 Å². The molecule has 124 valence electrons. The lowest BCUT2D eigenvalue weighted by molar-refractivity contribution is -0.116. The molecule has 24 heavy (non-hydrogen) atoms. The van der Waals surface area contributed by atoms with Crippen LogP contribution in [-0.4, -0.2) is 25.2 Å². The molecule has 0 aliphatic carbocycles. The van der Waals surface area contributed by atoms with Crippen LogP contribution in [0.25, 0.3) is 11.0 Å². The number of carbonyl (C=O) groups excluding carboxylic acids is 1. The summed E-state index contributed by atoms with van der Waals surface area (Å²) in [6, 6.07) is 7.69. The molecule has 0 saturated heterocycles. The molecule has 3 rings (SSSR count). The van der Waals surface area contributed by atoms with Crippen LogP contribution in [0.1, 0.15) is 25.3 Å². The highest BCUT2D eigenvalue weighted by molar-refractivity contribution is 5.90. The normalized spacial score (nSPS) is 11.2. The smallest absolute Gasteiger partial charge is 0.264 e. The standard InChI is InChI=1S/C17H19N5O2/c1-11(2)12-5-4-6-13(7-12)20-15(23)9-22-10-18-16-14(17(22)24)8-19-21(16)3/h4-8,10-11H,9H2,1-3H3,(H,20,23). The van der Waals surface area contributed by atoms with Gasteiger partial charge in [0.05, 0.1) is 6.20 Å². The number of nitrogens with zero attached hydrogens (tertiary/aromatic N) is 4. The molecule has 0 radical (unpaired) electrons. The summed E-state index contributed by atoms with van der Waals surface area (Å²) in [7, 11) is 1.72. The lowest BCUT2D eigenvalue weighted by Gasteiger charge is -2.10. The molecule has 0 bridgehead atoms. The molecule has 1 amide bonds. The maximum atomic E-state index is 12.4. The Balaban J connectivity index is 1.79. The van der Waals surface area contributed by atoms with Gasteiger partial charge in [0.2, 0.25) is 5.91 Å². The number of nitrogens with one attached hydrogen (secondary N) is 1. The van der Waals surface area contributed by atoms with Crippen molar-refractivity contribution < 1.29 is 4.79 Å². The van der Waals surface area contributed by atoms with Gasteiger partial charge in [-0.1, -0.05) is 26.0 Å². The number of amides is 1. The number of fused-ring (bicyclic) bond motifs is 1. The zero-order valence-corrected chi connectivity index (χ0v) is 13.9. The quantitative estimate of drug-likeness (QED) is 0.794. The third kappa shape index (κ3) is 3.05. The number of rotatable bonds is 4. The number of hydrogen-bond acceptors (Lipinski definition) is 4. The Morgan fingerprint density at radius 2 is 2.12 bits per heavy atom. The van der Waals surface area contributed by atoms with E-state index in [4.69, 9.17) is 0 Å². The molecule has 0 saturated carbocycles. The summed E-state index contributed by atoms with van der Waals surface area (Å²) in [5.41, 5.74) is 2.08. The third-order valence-electron chi connectivity index (χ3n) is 3.87. The predicted molar refractivity (Wildman–Crippen MR) is 91.9 cm³/mol. The van der Waals surface area contributed by atoms with Gasteiger partial charge in [0, 0.05) is 12.7 Å². The average Bonchev–Trinajstić information content (AvgIpc) is 2.92. The van der Waals surface area contributed by atoms with E-state index in [0.29, 0.717) is 17.0 Å². The van der Waals surface area contributed by atoms with E-state index >= 15 is 0 Å². The number of carbonyl (C=O) groups is 1. The van der Waals surface area contributed by atoms with Gasteiger partial charge >= 0.3 is 0 Å². The maximum Gasteiger partial charge on any atom is 0.264 e. The molecule has 0 spiro atoms. The van der Waals surface area contributed by atoms with Gasteiger partial charge in [-0.15, -0.1) is 0 Å². The molecule has 1 aromatic carbocycles. The van der Waals surface area contributed by atoms with E-state index in [0.717, 1.165) is 11.3 Å². The van der Waals surface area contributed by atoms with Crippen LogP contribution in [0.3, 0.4) is 0 Å². The predicted octanol–water partition coefficient (Wildman–Crippen LogP) is 1.89. The van der Waals surface area contributed by atoms with Gasteiger partial charge in [-0.2, -0.15) is 5.10 Å². The maximum absolute atomic E-state index is 12.4. The summed E-state index contributed by atoms with van der Waals surface area (Å²) in [6.45, 7) is 4.09. The summed E-state index contributed by atoms with van der Waals surface area (Å²) >= 11 is 0. The van der Waals surface area contributed by atoms with E-state index in [1.807, 2.05) is 24.3 Å². The number of benzene rings is 1. The van der Waals surface area contributed by atoms with Gasteiger partial charge in [0.1, 0.15) is 18.3 Å². The van der Waals surface area contributed by atoms with Crippen molar-refractivity contribution in [3.8, 4) is 0 Å². The molecule has 7 nitrogen and oxygen atoms in total. The van der Waals surface area contributed by atoms with Gasteiger partial charge in [-0.05, 0) is 23.6 Å². The first-order valence-corrected chi connectivity index (χ1v) is 7.72. The molecule has 0 fully saturated rings. The first-order chi connectivity index (χ1) is 11.5. The minimum absolute atomic E-state index is 0.0947. The minimum atomic E-state index is -0.279. The topological polar surface area (TPSA) is 81.8 Å². The van der Waals surface area contributed by atoms with Crippen LogP contribution >= 0.6 is 0 Å². The lowest BCUT2D eigenvalue weighted by atomic mass is 10.0. The lowest BCUT2D eigenvalue weighted by Crippen LogP contribution is -2.27. The molecule has 3 aromatic rings. The van der Waals surface area contributed by atoms with Crippen molar-refractivity contribution in [3.05, 3.63) is 52.7 Å². The largest absolute Gasteiger partial charge is 0.325 e. The highest BCUT2D eigenvalue weighted by Crippen LogP contribution is 2.18. The van der Waals surface area contributed by atoms with Gasteiger partial charge in [0.15, 0.2) is 5.65 Å². The van der Waals surface area contributed by atoms with Crippen LogP contribution in [0, 0.1) is 0 Å².